The van der Waals surface area contributed by atoms with Crippen LogP contribution in [0.1, 0.15) is 24.8 Å². The molecule has 0 spiro atoms. The number of carbonyl (C=O) groups excluding carboxylic acids is 1. The zero-order chi connectivity index (χ0) is 14.5. The number of benzene rings is 1. The van der Waals surface area contributed by atoms with Crippen molar-refractivity contribution in [3.8, 4) is 0 Å². The first-order chi connectivity index (χ1) is 9.56. The van der Waals surface area contributed by atoms with E-state index in [1.165, 1.54) is 18.2 Å². The molecule has 0 aliphatic heterocycles. The second-order valence-electron chi connectivity index (χ2n) is 5.01. The highest BCUT2D eigenvalue weighted by molar-refractivity contribution is 6.30. The molecule has 0 saturated heterocycles. The van der Waals surface area contributed by atoms with Gasteiger partial charge in [0.05, 0.1) is 11.1 Å². The van der Waals surface area contributed by atoms with Crippen molar-refractivity contribution in [3.63, 3.8) is 0 Å². The lowest BCUT2D eigenvalue weighted by atomic mass is 10.1. The van der Waals surface area contributed by atoms with Gasteiger partial charge in [0.25, 0.3) is 0 Å². The first-order valence-electron chi connectivity index (χ1n) is 6.65. The summed E-state index contributed by atoms with van der Waals surface area (Å²) in [5.74, 6) is -0.569. The fourth-order valence-corrected chi connectivity index (χ4v) is 2.52. The molecule has 2 unspecified atom stereocenters. The molecule has 1 amide bonds. The number of nitrogens with one attached hydrogen (secondary N) is 1. The fraction of sp³-hybridized carbons (Fsp3) is 0.400. The average molecular weight is 298 g/mol. The standard InChI is InChI=1S/C15H17ClFNO2/c16-12-8-10(4-6-13(12)17)5-7-15(20)18-9-11-2-1-3-14(11)19/h4-8,11,14,19H,1-3,9H2,(H,18,20). The Morgan fingerprint density at radius 2 is 2.30 bits per heavy atom. The van der Waals surface area contributed by atoms with Gasteiger partial charge in [0, 0.05) is 18.5 Å². The first-order valence-corrected chi connectivity index (χ1v) is 7.03. The maximum atomic E-state index is 13.0. The molecular weight excluding hydrogens is 281 g/mol. The van der Waals surface area contributed by atoms with E-state index in [-0.39, 0.29) is 23.0 Å². The van der Waals surface area contributed by atoms with Gasteiger partial charge in [-0.25, -0.2) is 4.39 Å². The lowest BCUT2D eigenvalue weighted by Crippen LogP contribution is -2.31. The molecule has 0 heterocycles. The Morgan fingerprint density at radius 3 is 2.95 bits per heavy atom. The Bertz CT molecular complexity index is 519. The van der Waals surface area contributed by atoms with Crippen LogP contribution in [0.4, 0.5) is 4.39 Å². The summed E-state index contributed by atoms with van der Waals surface area (Å²) in [5.41, 5.74) is 0.660. The monoisotopic (exact) mass is 297 g/mol. The number of aliphatic hydroxyl groups is 1. The van der Waals surface area contributed by atoms with Crippen LogP contribution >= 0.6 is 11.6 Å². The van der Waals surface area contributed by atoms with E-state index < -0.39 is 5.82 Å². The molecular formula is C15H17ClFNO2. The van der Waals surface area contributed by atoms with Crippen LogP contribution in [0, 0.1) is 11.7 Å². The quantitative estimate of drug-likeness (QED) is 0.840. The molecule has 3 nitrogen and oxygen atoms in total. The molecule has 1 saturated carbocycles. The summed E-state index contributed by atoms with van der Waals surface area (Å²) >= 11 is 5.66. The van der Waals surface area contributed by atoms with Crippen molar-refractivity contribution in [1.29, 1.82) is 0 Å². The van der Waals surface area contributed by atoms with Crippen LogP contribution in [-0.4, -0.2) is 23.7 Å². The Balaban J connectivity index is 1.84. The average Bonchev–Trinajstić information content (AvgIpc) is 2.83. The predicted octanol–water partition coefficient (Wildman–Crippen LogP) is 2.77. The van der Waals surface area contributed by atoms with Crippen LogP contribution in [0.25, 0.3) is 6.08 Å². The number of aliphatic hydroxyl groups excluding tert-OH is 1. The Kier molecular flexibility index (Phi) is 5.15. The van der Waals surface area contributed by atoms with Gasteiger partial charge in [-0.2, -0.15) is 0 Å². The normalized spacial score (nSPS) is 22.4. The molecule has 5 heteroatoms. The minimum absolute atomic E-state index is 0.0293. The highest BCUT2D eigenvalue weighted by Crippen LogP contribution is 2.24. The number of halogens is 2. The van der Waals surface area contributed by atoms with Gasteiger partial charge < -0.3 is 10.4 Å². The molecule has 1 aliphatic rings. The largest absolute Gasteiger partial charge is 0.393 e. The van der Waals surface area contributed by atoms with Crippen molar-refractivity contribution in [3.05, 3.63) is 40.7 Å². The lowest BCUT2D eigenvalue weighted by molar-refractivity contribution is -0.116. The van der Waals surface area contributed by atoms with E-state index in [0.29, 0.717) is 12.1 Å². The van der Waals surface area contributed by atoms with Crippen LogP contribution in [0.15, 0.2) is 24.3 Å². The smallest absolute Gasteiger partial charge is 0.244 e. The van der Waals surface area contributed by atoms with Gasteiger partial charge in [-0.05, 0) is 36.6 Å². The van der Waals surface area contributed by atoms with Crippen LogP contribution in [-0.2, 0) is 4.79 Å². The van der Waals surface area contributed by atoms with Gasteiger partial charge in [0.2, 0.25) is 5.91 Å². The summed E-state index contributed by atoms with van der Waals surface area (Å²) in [6.45, 7) is 0.481. The summed E-state index contributed by atoms with van der Waals surface area (Å²) in [6.07, 6.45) is 5.40. The van der Waals surface area contributed by atoms with Crippen molar-refractivity contribution in [2.75, 3.05) is 6.54 Å². The molecule has 108 valence electrons. The number of rotatable bonds is 4. The van der Waals surface area contributed by atoms with Gasteiger partial charge >= 0.3 is 0 Å². The third-order valence-corrected chi connectivity index (χ3v) is 3.82. The maximum Gasteiger partial charge on any atom is 0.244 e. The second kappa shape index (κ2) is 6.86. The molecule has 2 N–H and O–H groups in total. The highest BCUT2D eigenvalue weighted by atomic mass is 35.5. The Hall–Kier alpha value is -1.39. The van der Waals surface area contributed by atoms with Gasteiger partial charge in [0.1, 0.15) is 5.82 Å². The predicted molar refractivity (Wildman–Crippen MR) is 76.8 cm³/mol. The molecule has 20 heavy (non-hydrogen) atoms. The Labute approximate surface area is 122 Å². The minimum Gasteiger partial charge on any atom is -0.393 e. The van der Waals surface area contributed by atoms with Crippen molar-refractivity contribution < 1.29 is 14.3 Å². The first kappa shape index (κ1) is 15.0. The molecule has 0 aromatic heterocycles. The third kappa shape index (κ3) is 4.05. The van der Waals surface area contributed by atoms with E-state index in [1.807, 2.05) is 0 Å². The third-order valence-electron chi connectivity index (χ3n) is 3.53. The van der Waals surface area contributed by atoms with E-state index in [2.05, 4.69) is 5.32 Å². The van der Waals surface area contributed by atoms with Gasteiger partial charge in [-0.1, -0.05) is 24.1 Å². The van der Waals surface area contributed by atoms with Crippen LogP contribution in [0.5, 0.6) is 0 Å². The topological polar surface area (TPSA) is 49.3 Å². The number of hydrogen-bond acceptors (Lipinski definition) is 2. The molecule has 1 aromatic rings. The van der Waals surface area contributed by atoms with Crippen LogP contribution in [0.3, 0.4) is 0 Å². The minimum atomic E-state index is -0.483. The van der Waals surface area contributed by atoms with E-state index >= 15 is 0 Å². The fourth-order valence-electron chi connectivity index (χ4n) is 2.33. The van der Waals surface area contributed by atoms with E-state index in [9.17, 15) is 14.3 Å². The molecule has 0 radical (unpaired) electrons. The molecule has 1 aromatic carbocycles. The van der Waals surface area contributed by atoms with Crippen LogP contribution in [0.2, 0.25) is 5.02 Å². The molecule has 0 bridgehead atoms. The van der Waals surface area contributed by atoms with Gasteiger partial charge in [0.15, 0.2) is 0 Å². The van der Waals surface area contributed by atoms with Crippen molar-refractivity contribution in [2.45, 2.75) is 25.4 Å². The summed E-state index contributed by atoms with van der Waals surface area (Å²) in [6, 6.07) is 4.27. The SMILES string of the molecule is O=C(C=Cc1ccc(F)c(Cl)c1)NCC1CCCC1O. The summed E-state index contributed by atoms with van der Waals surface area (Å²) < 4.78 is 13.0. The van der Waals surface area contributed by atoms with Crippen molar-refractivity contribution in [2.24, 2.45) is 5.92 Å². The van der Waals surface area contributed by atoms with E-state index in [1.54, 1.807) is 12.1 Å². The summed E-state index contributed by atoms with van der Waals surface area (Å²) in [7, 11) is 0. The molecule has 1 fully saturated rings. The highest BCUT2D eigenvalue weighted by Gasteiger charge is 2.24. The second-order valence-corrected chi connectivity index (χ2v) is 5.42. The number of amides is 1. The molecule has 2 rings (SSSR count). The van der Waals surface area contributed by atoms with Crippen LogP contribution < -0.4 is 5.32 Å². The lowest BCUT2D eigenvalue weighted by Gasteiger charge is -2.13. The van der Waals surface area contributed by atoms with Gasteiger partial charge in [-0.15, -0.1) is 0 Å². The van der Waals surface area contributed by atoms with Gasteiger partial charge in [-0.3, -0.25) is 4.79 Å². The molecule has 1 aliphatic carbocycles. The zero-order valence-corrected chi connectivity index (χ0v) is 11.7. The molecule has 2 atom stereocenters. The van der Waals surface area contributed by atoms with E-state index in [4.69, 9.17) is 11.6 Å². The zero-order valence-electron chi connectivity index (χ0n) is 11.0. The summed E-state index contributed by atoms with van der Waals surface area (Å²) in [4.78, 5) is 11.6. The maximum absolute atomic E-state index is 13.0. The Morgan fingerprint density at radius 1 is 1.50 bits per heavy atom. The number of hydrogen-bond donors (Lipinski definition) is 2. The van der Waals surface area contributed by atoms with Crippen molar-refractivity contribution in [1.82, 2.24) is 5.32 Å². The summed E-state index contributed by atoms with van der Waals surface area (Å²) in [5, 5.41) is 12.4. The number of carbonyl (C=O) groups is 1. The van der Waals surface area contributed by atoms with Crippen molar-refractivity contribution >= 4 is 23.6 Å². The van der Waals surface area contributed by atoms with E-state index in [0.717, 1.165) is 19.3 Å².